The number of phosphoric ester groups is 1. The number of carbonyl (C=O) groups excluding carboxylic acids is 2. The van der Waals surface area contributed by atoms with Gasteiger partial charge in [-0.05, 0) is 44.9 Å². The molecular weight excluding hydrogens is 739 g/mol. The maximum atomic E-state index is 12.4. The van der Waals surface area contributed by atoms with E-state index in [0.717, 1.165) is 38.5 Å². The average molecular weight is 825 g/mol. The molecule has 0 amide bonds. The molecule has 9 nitrogen and oxygen atoms in total. The minimum Gasteiger partial charge on any atom is -0.462 e. The lowest BCUT2D eigenvalue weighted by atomic mass is 10.0. The number of aliphatic hydroxyl groups is 1. The first-order valence-corrected chi connectivity index (χ1v) is 24.6. The van der Waals surface area contributed by atoms with Crippen LogP contribution in [0.4, 0.5) is 0 Å². The molecule has 332 valence electrons. The van der Waals surface area contributed by atoms with Gasteiger partial charge in [-0.15, -0.1) is 0 Å². The topological polar surface area (TPSA) is 140 Å². The van der Waals surface area contributed by atoms with Crippen LogP contribution < -0.4 is 0 Å². The minimum absolute atomic E-state index is 0.0397. The first-order chi connectivity index (χ1) is 27.7. The number of phosphoric acid groups is 1. The van der Waals surface area contributed by atoms with Crippen LogP contribution >= 0.6 is 7.82 Å². The Morgan fingerprint density at radius 2 is 1.00 bits per heavy atom. The first kappa shape index (κ1) is 55.0. The molecule has 0 spiro atoms. The number of rotatable bonds is 42. The van der Waals surface area contributed by atoms with Crippen molar-refractivity contribution in [1.29, 1.82) is 0 Å². The summed E-state index contributed by atoms with van der Waals surface area (Å²) >= 11 is 0. The van der Waals surface area contributed by atoms with E-state index in [2.05, 4.69) is 42.7 Å². The molecule has 0 saturated carbocycles. The molecular formula is C47H85O9P. The van der Waals surface area contributed by atoms with Gasteiger partial charge in [0, 0.05) is 12.8 Å². The monoisotopic (exact) mass is 825 g/mol. The van der Waals surface area contributed by atoms with E-state index in [1.807, 2.05) is 12.2 Å². The minimum atomic E-state index is -4.80. The van der Waals surface area contributed by atoms with E-state index in [0.29, 0.717) is 19.3 Å². The summed E-state index contributed by atoms with van der Waals surface area (Å²) in [4.78, 5) is 43.0. The number of ether oxygens (including phenoxy) is 2. The zero-order valence-corrected chi connectivity index (χ0v) is 37.2. The van der Waals surface area contributed by atoms with Crippen molar-refractivity contribution in [2.24, 2.45) is 0 Å². The molecule has 0 radical (unpaired) electrons. The van der Waals surface area contributed by atoms with Crippen LogP contribution in [0.1, 0.15) is 213 Å². The van der Waals surface area contributed by atoms with Crippen molar-refractivity contribution in [2.45, 2.75) is 225 Å². The summed E-state index contributed by atoms with van der Waals surface area (Å²) < 4.78 is 26.3. The van der Waals surface area contributed by atoms with Crippen molar-refractivity contribution in [1.82, 2.24) is 0 Å². The van der Waals surface area contributed by atoms with Crippen LogP contribution in [0.25, 0.3) is 0 Å². The summed E-state index contributed by atoms with van der Waals surface area (Å²) in [6, 6.07) is 0. The summed E-state index contributed by atoms with van der Waals surface area (Å²) in [5.74, 6) is -1.08. The molecule has 0 aromatic heterocycles. The van der Waals surface area contributed by atoms with Gasteiger partial charge in [0.2, 0.25) is 0 Å². The SMILES string of the molecule is CCCCC/C=C\C/C=C\C/C=C\C=C\[C@@H](O)CCCC(=O)OC[C@H](COP(=O)(O)O)OC(=O)CCCCCCCCCCCCCCCCCCCCCCC. The van der Waals surface area contributed by atoms with Crippen molar-refractivity contribution in [3.63, 3.8) is 0 Å². The molecule has 0 heterocycles. The van der Waals surface area contributed by atoms with E-state index < -0.39 is 38.6 Å². The molecule has 0 aliphatic heterocycles. The van der Waals surface area contributed by atoms with E-state index >= 15 is 0 Å². The maximum Gasteiger partial charge on any atom is 0.469 e. The van der Waals surface area contributed by atoms with Crippen LogP contribution in [-0.4, -0.2) is 52.3 Å². The van der Waals surface area contributed by atoms with Gasteiger partial charge in [0.05, 0.1) is 12.7 Å². The number of unbranched alkanes of at least 4 members (excludes halogenated alkanes) is 23. The van der Waals surface area contributed by atoms with Crippen LogP contribution in [0.3, 0.4) is 0 Å². The Bertz CT molecular complexity index is 1080. The van der Waals surface area contributed by atoms with Gasteiger partial charge in [-0.3, -0.25) is 14.1 Å². The largest absolute Gasteiger partial charge is 0.469 e. The predicted octanol–water partition coefficient (Wildman–Crippen LogP) is 13.3. The first-order valence-electron chi connectivity index (χ1n) is 23.0. The van der Waals surface area contributed by atoms with Gasteiger partial charge in [-0.25, -0.2) is 4.57 Å². The summed E-state index contributed by atoms with van der Waals surface area (Å²) in [5.41, 5.74) is 0. The fourth-order valence-electron chi connectivity index (χ4n) is 6.48. The number of allylic oxidation sites excluding steroid dienone is 7. The third kappa shape index (κ3) is 44.9. The van der Waals surface area contributed by atoms with E-state index in [1.54, 1.807) is 12.2 Å². The fourth-order valence-corrected chi connectivity index (χ4v) is 6.84. The normalized spacial score (nSPS) is 13.4. The lowest BCUT2D eigenvalue weighted by molar-refractivity contribution is -0.161. The molecule has 10 heteroatoms. The van der Waals surface area contributed by atoms with Crippen molar-refractivity contribution in [3.8, 4) is 0 Å². The van der Waals surface area contributed by atoms with Gasteiger partial charge in [0.1, 0.15) is 6.61 Å². The zero-order valence-electron chi connectivity index (χ0n) is 36.3. The second-order valence-electron chi connectivity index (χ2n) is 15.6. The van der Waals surface area contributed by atoms with E-state index in [4.69, 9.17) is 19.3 Å². The van der Waals surface area contributed by atoms with E-state index in [1.165, 1.54) is 128 Å². The second kappa shape index (κ2) is 42.1. The molecule has 2 atom stereocenters. The van der Waals surface area contributed by atoms with Crippen molar-refractivity contribution in [2.75, 3.05) is 13.2 Å². The number of hydrogen-bond donors (Lipinski definition) is 3. The summed E-state index contributed by atoms with van der Waals surface area (Å²) in [5, 5.41) is 10.2. The number of carbonyl (C=O) groups is 2. The van der Waals surface area contributed by atoms with Gasteiger partial charge in [0.25, 0.3) is 0 Å². The summed E-state index contributed by atoms with van der Waals surface area (Å²) in [6.45, 7) is 3.51. The molecule has 0 aromatic rings. The third-order valence-corrected chi connectivity index (χ3v) is 10.4. The van der Waals surface area contributed by atoms with Gasteiger partial charge in [-0.1, -0.05) is 204 Å². The summed E-state index contributed by atoms with van der Waals surface area (Å²) in [6.07, 6.45) is 48.7. The quantitative estimate of drug-likeness (QED) is 0.0180. The molecule has 57 heavy (non-hydrogen) atoms. The van der Waals surface area contributed by atoms with Crippen LogP contribution in [-0.2, 0) is 28.2 Å². The smallest absolute Gasteiger partial charge is 0.462 e. The highest BCUT2D eigenvalue weighted by Crippen LogP contribution is 2.36. The van der Waals surface area contributed by atoms with Gasteiger partial charge >= 0.3 is 19.8 Å². The molecule has 0 aromatic carbocycles. The number of aliphatic hydroxyl groups excluding tert-OH is 1. The molecule has 3 N–H and O–H groups in total. The lowest BCUT2D eigenvalue weighted by Gasteiger charge is -2.18. The second-order valence-corrected chi connectivity index (χ2v) is 16.8. The Hall–Kier alpha value is -2.03. The third-order valence-electron chi connectivity index (χ3n) is 9.95. The molecule has 0 fully saturated rings. The van der Waals surface area contributed by atoms with Gasteiger partial charge in [-0.2, -0.15) is 0 Å². The summed E-state index contributed by atoms with van der Waals surface area (Å²) in [7, 11) is -4.80. The van der Waals surface area contributed by atoms with Crippen LogP contribution in [0, 0.1) is 0 Å². The highest BCUT2D eigenvalue weighted by molar-refractivity contribution is 7.46. The van der Waals surface area contributed by atoms with Crippen molar-refractivity contribution < 1.29 is 43.0 Å². The van der Waals surface area contributed by atoms with E-state index in [-0.39, 0.29) is 19.4 Å². The molecule has 0 rings (SSSR count). The average Bonchev–Trinajstić information content (AvgIpc) is 3.18. The lowest BCUT2D eigenvalue weighted by Crippen LogP contribution is -2.29. The van der Waals surface area contributed by atoms with Crippen molar-refractivity contribution in [3.05, 3.63) is 48.6 Å². The molecule has 0 bridgehead atoms. The van der Waals surface area contributed by atoms with Gasteiger partial charge in [0.15, 0.2) is 6.10 Å². The molecule has 0 unspecified atom stereocenters. The zero-order chi connectivity index (χ0) is 41.9. The Morgan fingerprint density at radius 1 is 0.544 bits per heavy atom. The van der Waals surface area contributed by atoms with E-state index in [9.17, 15) is 19.3 Å². The standard InChI is InChI=1S/C47H85O9P/c1-3-5-7-9-11-13-15-17-18-19-20-21-22-23-24-26-28-30-32-34-36-40-47(50)56-45(43-55-57(51,52)53)42-54-46(49)41-37-39-44(48)38-35-33-31-29-27-25-16-14-12-10-8-6-4-2/h12,14,25,27,31,33,35,38,44-45,48H,3-11,13,15-24,26,28-30,32,34,36-37,39-43H2,1-2H3,(H2,51,52,53)/b14-12-,27-25-,33-31-,38-35+/t44-,45-/m1/s1. The Kier molecular flexibility index (Phi) is 40.6. The van der Waals surface area contributed by atoms with Crippen LogP contribution in [0.15, 0.2) is 48.6 Å². The number of hydrogen-bond acceptors (Lipinski definition) is 7. The maximum absolute atomic E-state index is 12.4. The Labute approximate surface area is 348 Å². The van der Waals surface area contributed by atoms with Gasteiger partial charge < -0.3 is 24.4 Å². The van der Waals surface area contributed by atoms with Crippen LogP contribution in [0.5, 0.6) is 0 Å². The Balaban J connectivity index is 4.01. The highest BCUT2D eigenvalue weighted by atomic mass is 31.2. The van der Waals surface area contributed by atoms with Crippen molar-refractivity contribution >= 4 is 19.8 Å². The van der Waals surface area contributed by atoms with Crippen LogP contribution in [0.2, 0.25) is 0 Å². The number of esters is 2. The highest BCUT2D eigenvalue weighted by Gasteiger charge is 2.23. The molecule has 0 aliphatic carbocycles. The fraction of sp³-hybridized carbons (Fsp3) is 0.787. The predicted molar refractivity (Wildman–Crippen MR) is 236 cm³/mol. The molecule has 0 aliphatic rings. The Morgan fingerprint density at radius 3 is 1.53 bits per heavy atom. The molecule has 0 saturated heterocycles.